The van der Waals surface area contributed by atoms with Gasteiger partial charge in [-0.25, -0.2) is 4.79 Å². The molecule has 74 valence electrons. The first-order chi connectivity index (χ1) is 5.90. The fraction of sp³-hybridized carbons (Fsp3) is 0.778. The van der Waals surface area contributed by atoms with Crippen molar-refractivity contribution in [1.82, 2.24) is 4.90 Å². The minimum atomic E-state index is -0.435. The smallest absolute Gasteiger partial charge is 0.415 e. The van der Waals surface area contributed by atoms with Crippen LogP contribution in [0, 0.1) is 0 Å². The Morgan fingerprint density at radius 3 is 2.54 bits per heavy atom. The van der Waals surface area contributed by atoms with E-state index in [-0.39, 0.29) is 6.09 Å². The van der Waals surface area contributed by atoms with Gasteiger partial charge in [-0.15, -0.1) is 0 Å². The van der Waals surface area contributed by atoms with E-state index < -0.39 is 5.60 Å². The number of carbonyl (C=O) groups is 1. The monoisotopic (exact) mass is 201 g/mol. The van der Waals surface area contributed by atoms with E-state index in [9.17, 15) is 4.79 Å². The SMILES string of the molecule is CC(C)(C)OC(=O)N1CCCC1=S. The minimum absolute atomic E-state index is 0.310. The van der Waals surface area contributed by atoms with Gasteiger partial charge in [-0.3, -0.25) is 4.90 Å². The topological polar surface area (TPSA) is 29.5 Å². The molecule has 1 heterocycles. The molecule has 1 rings (SSSR count). The molecular weight excluding hydrogens is 186 g/mol. The molecule has 0 aromatic carbocycles. The molecule has 0 N–H and O–H groups in total. The standard InChI is InChI=1S/C9H15NO2S/c1-9(2,3)12-8(11)10-6-4-5-7(10)13/h4-6H2,1-3H3. The predicted molar refractivity (Wildman–Crippen MR) is 54.8 cm³/mol. The number of ether oxygens (including phenoxy) is 1. The van der Waals surface area contributed by atoms with Crippen LogP contribution >= 0.6 is 12.2 Å². The minimum Gasteiger partial charge on any atom is -0.443 e. The van der Waals surface area contributed by atoms with Gasteiger partial charge in [0.25, 0.3) is 0 Å². The lowest BCUT2D eigenvalue weighted by molar-refractivity contribution is 0.0386. The maximum Gasteiger partial charge on any atom is 0.415 e. The number of nitrogens with zero attached hydrogens (tertiary/aromatic N) is 1. The molecule has 0 bridgehead atoms. The molecule has 0 spiro atoms. The maximum absolute atomic E-state index is 11.5. The molecule has 1 fully saturated rings. The van der Waals surface area contributed by atoms with Crippen molar-refractivity contribution in [1.29, 1.82) is 0 Å². The molecule has 0 unspecified atom stereocenters. The van der Waals surface area contributed by atoms with E-state index in [1.54, 1.807) is 4.90 Å². The van der Waals surface area contributed by atoms with E-state index in [1.807, 2.05) is 20.8 Å². The Bertz CT molecular complexity index is 232. The van der Waals surface area contributed by atoms with Gasteiger partial charge in [-0.1, -0.05) is 12.2 Å². The highest BCUT2D eigenvalue weighted by atomic mass is 32.1. The zero-order chi connectivity index (χ0) is 10.1. The lowest BCUT2D eigenvalue weighted by Gasteiger charge is -2.24. The average Bonchev–Trinajstić information content (AvgIpc) is 2.30. The summed E-state index contributed by atoms with van der Waals surface area (Å²) in [5.41, 5.74) is -0.435. The van der Waals surface area contributed by atoms with Crippen LogP contribution in [0.1, 0.15) is 33.6 Å². The molecule has 0 saturated carbocycles. The van der Waals surface area contributed by atoms with Gasteiger partial charge in [-0.2, -0.15) is 0 Å². The van der Waals surface area contributed by atoms with Crippen molar-refractivity contribution in [3.8, 4) is 0 Å². The highest BCUT2D eigenvalue weighted by Gasteiger charge is 2.27. The van der Waals surface area contributed by atoms with Crippen LogP contribution in [0.4, 0.5) is 4.79 Å². The first kappa shape index (κ1) is 10.4. The van der Waals surface area contributed by atoms with E-state index in [0.29, 0.717) is 11.5 Å². The van der Waals surface area contributed by atoms with Gasteiger partial charge in [0.2, 0.25) is 0 Å². The first-order valence-electron chi connectivity index (χ1n) is 4.43. The van der Waals surface area contributed by atoms with Gasteiger partial charge in [0.05, 0.1) is 4.99 Å². The molecule has 1 aliphatic heterocycles. The summed E-state index contributed by atoms with van der Waals surface area (Å²) in [6.07, 6.45) is 1.47. The third-order valence-corrected chi connectivity index (χ3v) is 2.11. The van der Waals surface area contributed by atoms with Crippen LogP contribution in [0.5, 0.6) is 0 Å². The second-order valence-electron chi connectivity index (χ2n) is 4.13. The quantitative estimate of drug-likeness (QED) is 0.563. The Labute approximate surface area is 84.0 Å². The fourth-order valence-electron chi connectivity index (χ4n) is 1.16. The maximum atomic E-state index is 11.5. The zero-order valence-electron chi connectivity index (χ0n) is 8.29. The number of likely N-dealkylation sites (tertiary alicyclic amines) is 1. The van der Waals surface area contributed by atoms with E-state index >= 15 is 0 Å². The van der Waals surface area contributed by atoms with Gasteiger partial charge < -0.3 is 4.74 Å². The van der Waals surface area contributed by atoms with E-state index in [2.05, 4.69) is 0 Å². The number of hydrogen-bond donors (Lipinski definition) is 0. The van der Waals surface area contributed by atoms with Crippen molar-refractivity contribution in [2.45, 2.75) is 39.2 Å². The lowest BCUT2D eigenvalue weighted by atomic mass is 10.2. The van der Waals surface area contributed by atoms with Crippen molar-refractivity contribution in [3.63, 3.8) is 0 Å². The van der Waals surface area contributed by atoms with Crippen LogP contribution in [0.15, 0.2) is 0 Å². The van der Waals surface area contributed by atoms with Crippen LogP contribution < -0.4 is 0 Å². The second kappa shape index (κ2) is 3.62. The van der Waals surface area contributed by atoms with Crippen molar-refractivity contribution < 1.29 is 9.53 Å². The normalized spacial score (nSPS) is 17.8. The summed E-state index contributed by atoms with van der Waals surface area (Å²) < 4.78 is 5.19. The van der Waals surface area contributed by atoms with Gasteiger partial charge in [0.15, 0.2) is 0 Å². The highest BCUT2D eigenvalue weighted by molar-refractivity contribution is 7.80. The number of carbonyl (C=O) groups excluding carboxylic acids is 1. The predicted octanol–water partition coefficient (Wildman–Crippen LogP) is 2.34. The Hall–Kier alpha value is -0.640. The largest absolute Gasteiger partial charge is 0.443 e. The van der Waals surface area contributed by atoms with Gasteiger partial charge in [0.1, 0.15) is 5.60 Å². The molecule has 0 aliphatic carbocycles. The van der Waals surface area contributed by atoms with Crippen LogP contribution in [0.3, 0.4) is 0 Å². The third-order valence-electron chi connectivity index (χ3n) is 1.69. The van der Waals surface area contributed by atoms with Gasteiger partial charge in [0, 0.05) is 13.0 Å². The van der Waals surface area contributed by atoms with Crippen molar-refractivity contribution in [2.24, 2.45) is 0 Å². The van der Waals surface area contributed by atoms with Crippen molar-refractivity contribution in [3.05, 3.63) is 0 Å². The summed E-state index contributed by atoms with van der Waals surface area (Å²) in [7, 11) is 0. The van der Waals surface area contributed by atoms with Crippen LogP contribution in [0.25, 0.3) is 0 Å². The Morgan fingerprint density at radius 1 is 1.54 bits per heavy atom. The molecule has 13 heavy (non-hydrogen) atoms. The Kier molecular flexibility index (Phi) is 2.91. The summed E-state index contributed by atoms with van der Waals surface area (Å²) in [6.45, 7) is 6.26. The summed E-state index contributed by atoms with van der Waals surface area (Å²) in [6, 6.07) is 0. The molecule has 0 radical (unpaired) electrons. The molecule has 1 aliphatic rings. The summed E-state index contributed by atoms with van der Waals surface area (Å²) in [4.78, 5) is 13.7. The lowest BCUT2D eigenvalue weighted by Crippen LogP contribution is -2.36. The van der Waals surface area contributed by atoms with Crippen molar-refractivity contribution >= 4 is 23.3 Å². The molecular formula is C9H15NO2S. The molecule has 0 aromatic rings. The summed E-state index contributed by atoms with van der Waals surface area (Å²) in [5, 5.41) is 0. The summed E-state index contributed by atoms with van der Waals surface area (Å²) >= 11 is 5.03. The number of rotatable bonds is 0. The van der Waals surface area contributed by atoms with Crippen LogP contribution in [0.2, 0.25) is 0 Å². The van der Waals surface area contributed by atoms with E-state index in [1.165, 1.54) is 0 Å². The van der Waals surface area contributed by atoms with Gasteiger partial charge >= 0.3 is 6.09 Å². The van der Waals surface area contributed by atoms with Crippen molar-refractivity contribution in [2.75, 3.05) is 6.54 Å². The van der Waals surface area contributed by atoms with Gasteiger partial charge in [-0.05, 0) is 27.2 Å². The van der Waals surface area contributed by atoms with E-state index in [4.69, 9.17) is 17.0 Å². The molecule has 0 atom stereocenters. The third kappa shape index (κ3) is 2.95. The fourth-order valence-corrected chi connectivity index (χ4v) is 1.47. The first-order valence-corrected chi connectivity index (χ1v) is 4.84. The molecule has 1 amide bonds. The summed E-state index contributed by atoms with van der Waals surface area (Å²) in [5.74, 6) is 0. The number of hydrogen-bond acceptors (Lipinski definition) is 3. The Morgan fingerprint density at radius 2 is 2.15 bits per heavy atom. The number of amides is 1. The zero-order valence-corrected chi connectivity index (χ0v) is 9.11. The Balaban J connectivity index is 2.53. The molecule has 4 heteroatoms. The van der Waals surface area contributed by atoms with E-state index in [0.717, 1.165) is 12.8 Å². The number of thiocarbonyl (C=S) groups is 1. The molecule has 1 saturated heterocycles. The molecule has 0 aromatic heterocycles. The average molecular weight is 201 g/mol. The second-order valence-corrected chi connectivity index (χ2v) is 4.60. The highest BCUT2D eigenvalue weighted by Crippen LogP contribution is 2.16. The molecule has 3 nitrogen and oxygen atoms in total. The van der Waals surface area contributed by atoms with Crippen LogP contribution in [-0.4, -0.2) is 28.1 Å². The van der Waals surface area contributed by atoms with Crippen LogP contribution in [-0.2, 0) is 4.74 Å².